The van der Waals surface area contributed by atoms with E-state index in [1.54, 1.807) is 0 Å². The maximum Gasteiger partial charge on any atom is 0.330 e. The second-order valence-electron chi connectivity index (χ2n) is 13.7. The molecule has 3 heterocycles. The fourth-order valence-electron chi connectivity index (χ4n) is 6.75. The first-order valence-corrected chi connectivity index (χ1v) is 18.7. The van der Waals surface area contributed by atoms with Gasteiger partial charge in [0.25, 0.3) is 5.56 Å². The molecule has 3 aromatic carbocycles. The number of ether oxygens (including phenoxy) is 9. The molecular weight excluding hydrogens is 756 g/mol. The Labute approximate surface area is 333 Å². The lowest BCUT2D eigenvalue weighted by Gasteiger charge is -2.46. The minimum absolute atomic E-state index is 0.113. The monoisotopic (exact) mass is 802 g/mol. The van der Waals surface area contributed by atoms with Crippen molar-refractivity contribution in [2.24, 2.45) is 0 Å². The van der Waals surface area contributed by atoms with Crippen molar-refractivity contribution in [2.75, 3.05) is 13.2 Å². The van der Waals surface area contributed by atoms with E-state index in [9.17, 15) is 24.0 Å². The molecule has 4 aromatic rings. The summed E-state index contributed by atoms with van der Waals surface area (Å²) in [4.78, 5) is 63.8. The molecule has 1 N–H and O–H groups in total. The maximum atomic E-state index is 12.9. The minimum Gasteiger partial charge on any atom is -0.463 e. The van der Waals surface area contributed by atoms with Crippen molar-refractivity contribution in [3.63, 3.8) is 0 Å². The molecule has 0 aliphatic carbocycles. The fourth-order valence-corrected chi connectivity index (χ4v) is 6.75. The molecule has 2 aliphatic heterocycles. The molecule has 2 fully saturated rings. The molecule has 1 aromatic heterocycles. The van der Waals surface area contributed by atoms with Gasteiger partial charge < -0.3 is 42.6 Å². The summed E-state index contributed by atoms with van der Waals surface area (Å²) in [6.07, 6.45) is -8.84. The molecular formula is C42H46N2O14. The number of nitrogens with zero attached hydrogens (tertiary/aromatic N) is 1. The van der Waals surface area contributed by atoms with Gasteiger partial charge in [-0.3, -0.25) is 28.7 Å². The maximum absolute atomic E-state index is 12.9. The molecule has 58 heavy (non-hydrogen) atoms. The number of esters is 3. The molecule has 2 aliphatic rings. The van der Waals surface area contributed by atoms with Crippen LogP contribution in [0.2, 0.25) is 0 Å². The van der Waals surface area contributed by atoms with Gasteiger partial charge in [-0.15, -0.1) is 0 Å². The quantitative estimate of drug-likeness (QED) is 0.121. The molecule has 0 amide bonds. The van der Waals surface area contributed by atoms with Gasteiger partial charge in [0.15, 0.2) is 24.7 Å². The summed E-state index contributed by atoms with van der Waals surface area (Å²) < 4.78 is 56.8. The first-order valence-electron chi connectivity index (χ1n) is 18.7. The zero-order valence-electron chi connectivity index (χ0n) is 32.2. The lowest BCUT2D eigenvalue weighted by atomic mass is 9.97. The Balaban J connectivity index is 1.35. The van der Waals surface area contributed by atoms with E-state index in [1.807, 2.05) is 91.0 Å². The van der Waals surface area contributed by atoms with Crippen LogP contribution in [0, 0.1) is 0 Å². The summed E-state index contributed by atoms with van der Waals surface area (Å²) in [5, 5.41) is 0. The van der Waals surface area contributed by atoms with E-state index in [0.29, 0.717) is 0 Å². The summed E-state index contributed by atoms with van der Waals surface area (Å²) in [6, 6.07) is 29.6. The van der Waals surface area contributed by atoms with Crippen molar-refractivity contribution in [2.45, 2.75) is 95.8 Å². The fraction of sp³-hybridized carbons (Fsp3) is 0.405. The second-order valence-corrected chi connectivity index (χ2v) is 13.7. The average molecular weight is 803 g/mol. The average Bonchev–Trinajstić information content (AvgIpc) is 3.52. The van der Waals surface area contributed by atoms with Crippen molar-refractivity contribution in [1.29, 1.82) is 0 Å². The predicted octanol–water partition coefficient (Wildman–Crippen LogP) is 3.36. The normalized spacial score (nSPS) is 25.5. The highest BCUT2D eigenvalue weighted by Crippen LogP contribution is 2.36. The highest BCUT2D eigenvalue weighted by atomic mass is 16.7. The summed E-state index contributed by atoms with van der Waals surface area (Å²) in [5.41, 5.74) is 1.09. The van der Waals surface area contributed by atoms with Gasteiger partial charge >= 0.3 is 23.6 Å². The summed E-state index contributed by atoms with van der Waals surface area (Å²) in [6.45, 7) is 3.44. The van der Waals surface area contributed by atoms with Gasteiger partial charge in [-0.05, 0) is 16.7 Å². The third kappa shape index (κ3) is 11.3. The highest BCUT2D eigenvalue weighted by molar-refractivity contribution is 5.67. The van der Waals surface area contributed by atoms with Gasteiger partial charge in [-0.25, -0.2) is 4.79 Å². The Morgan fingerprint density at radius 1 is 0.569 bits per heavy atom. The van der Waals surface area contributed by atoms with E-state index in [1.165, 1.54) is 20.0 Å². The molecule has 0 saturated carbocycles. The van der Waals surface area contributed by atoms with Crippen LogP contribution in [0.25, 0.3) is 0 Å². The number of nitrogens with one attached hydrogen (secondary N) is 1. The molecule has 0 spiro atoms. The number of aromatic amines is 1. The minimum atomic E-state index is -1.34. The van der Waals surface area contributed by atoms with Crippen LogP contribution in [0.5, 0.6) is 0 Å². The van der Waals surface area contributed by atoms with E-state index >= 15 is 0 Å². The molecule has 0 bridgehead atoms. The van der Waals surface area contributed by atoms with Gasteiger partial charge in [0.1, 0.15) is 37.1 Å². The van der Waals surface area contributed by atoms with Crippen LogP contribution in [0.3, 0.4) is 0 Å². The smallest absolute Gasteiger partial charge is 0.330 e. The number of H-pyrrole nitrogens is 1. The largest absolute Gasteiger partial charge is 0.463 e. The number of hydrogen-bond acceptors (Lipinski definition) is 14. The Morgan fingerprint density at radius 2 is 1.07 bits per heavy atom. The van der Waals surface area contributed by atoms with Crippen molar-refractivity contribution in [3.05, 3.63) is 141 Å². The Bertz CT molecular complexity index is 2060. The van der Waals surface area contributed by atoms with E-state index in [-0.39, 0.29) is 33.0 Å². The Kier molecular flexibility index (Phi) is 14.7. The third-order valence-corrected chi connectivity index (χ3v) is 9.34. The van der Waals surface area contributed by atoms with Gasteiger partial charge in [0, 0.05) is 33.0 Å². The van der Waals surface area contributed by atoms with Crippen LogP contribution < -0.4 is 11.2 Å². The zero-order valence-corrected chi connectivity index (χ0v) is 32.2. The number of carbonyl (C=O) groups excluding carboxylic acids is 3. The number of benzene rings is 3. The van der Waals surface area contributed by atoms with Crippen LogP contribution in [-0.2, 0) is 76.8 Å². The van der Waals surface area contributed by atoms with E-state index < -0.39 is 84.4 Å². The molecule has 16 nitrogen and oxygen atoms in total. The molecule has 9 atom stereocenters. The molecule has 6 rings (SSSR count). The van der Waals surface area contributed by atoms with E-state index in [4.69, 9.17) is 42.6 Å². The number of carbonyl (C=O) groups is 3. The SMILES string of the molecule is CC(=O)OC[C@H]1OC(OC[C@H]2O[C@@H](n3ccc(=O)[nH]c3=O)[C@H](OC(C)=O)[C@@H]2OC(C)=O)[C@@H](OCc2ccccc2)[C@@H](OCc2ccccc2)[C@@H]1OCc1ccccc1. The lowest BCUT2D eigenvalue weighted by Crippen LogP contribution is -2.62. The first-order chi connectivity index (χ1) is 28.0. The lowest BCUT2D eigenvalue weighted by molar-refractivity contribution is -0.330. The van der Waals surface area contributed by atoms with Crippen molar-refractivity contribution >= 4 is 17.9 Å². The summed E-state index contributed by atoms with van der Waals surface area (Å²) in [7, 11) is 0. The Morgan fingerprint density at radius 3 is 1.59 bits per heavy atom. The molecule has 2 saturated heterocycles. The van der Waals surface area contributed by atoms with E-state index in [0.717, 1.165) is 34.2 Å². The van der Waals surface area contributed by atoms with Crippen LogP contribution in [0.4, 0.5) is 0 Å². The molecule has 16 heteroatoms. The van der Waals surface area contributed by atoms with Gasteiger partial charge in [0.05, 0.1) is 26.4 Å². The van der Waals surface area contributed by atoms with Crippen LogP contribution >= 0.6 is 0 Å². The predicted molar refractivity (Wildman–Crippen MR) is 203 cm³/mol. The van der Waals surface area contributed by atoms with Gasteiger partial charge in [0.2, 0.25) is 0 Å². The number of rotatable bonds is 17. The Hall–Kier alpha value is -5.49. The molecule has 308 valence electrons. The van der Waals surface area contributed by atoms with Gasteiger partial charge in [-0.1, -0.05) is 91.0 Å². The van der Waals surface area contributed by atoms with Crippen LogP contribution in [-0.4, -0.2) is 89.7 Å². The van der Waals surface area contributed by atoms with Crippen LogP contribution in [0.15, 0.2) is 113 Å². The van der Waals surface area contributed by atoms with Crippen molar-refractivity contribution < 1.29 is 57.0 Å². The first kappa shape index (κ1) is 42.1. The van der Waals surface area contributed by atoms with E-state index in [2.05, 4.69) is 4.98 Å². The molecule has 0 radical (unpaired) electrons. The summed E-state index contributed by atoms with van der Waals surface area (Å²) in [5.74, 6) is -2.01. The third-order valence-electron chi connectivity index (χ3n) is 9.34. The van der Waals surface area contributed by atoms with Gasteiger partial charge in [-0.2, -0.15) is 0 Å². The highest BCUT2D eigenvalue weighted by Gasteiger charge is 2.53. The number of aromatic nitrogens is 2. The number of hydrogen-bond donors (Lipinski definition) is 1. The van der Waals surface area contributed by atoms with Crippen molar-refractivity contribution in [1.82, 2.24) is 9.55 Å². The standard InChI is InChI=1S/C42H46N2O14/c1-26(45)50-24-32-35(51-21-29-13-7-4-8-14-29)37(52-22-30-15-9-5-10-16-30)39(53-23-31-17-11-6-12-18-31)41(58-32)54-25-33-36(55-27(2)46)38(56-28(3)47)40(57-33)44-20-19-34(48)43-42(44)49/h4-20,32-33,35-41H,21-25H2,1-3H3,(H,43,48,49)/t32-,33-,35-,36-,37+,38-,39+,40-,41?/m1/s1. The second kappa shape index (κ2) is 20.3. The molecule has 1 unspecified atom stereocenters. The zero-order chi connectivity index (χ0) is 41.0. The topological polar surface area (TPSA) is 189 Å². The van der Waals surface area contributed by atoms with Crippen molar-refractivity contribution in [3.8, 4) is 0 Å². The van der Waals surface area contributed by atoms with Crippen LogP contribution in [0.1, 0.15) is 43.7 Å². The summed E-state index contributed by atoms with van der Waals surface area (Å²) >= 11 is 0.